The summed E-state index contributed by atoms with van der Waals surface area (Å²) in [6.45, 7) is 0.489. The number of carbonyl (C=O) groups excluding carboxylic acids is 2. The molecule has 5 nitrogen and oxygen atoms in total. The van der Waals surface area contributed by atoms with Gasteiger partial charge in [0, 0.05) is 12.0 Å². The first-order valence-corrected chi connectivity index (χ1v) is 7.37. The Balaban J connectivity index is 1.58. The Morgan fingerprint density at radius 1 is 1.13 bits per heavy atom. The van der Waals surface area contributed by atoms with E-state index in [9.17, 15) is 9.59 Å². The quantitative estimate of drug-likeness (QED) is 0.797. The van der Waals surface area contributed by atoms with Gasteiger partial charge in [-0.15, -0.1) is 0 Å². The van der Waals surface area contributed by atoms with Crippen molar-refractivity contribution in [1.82, 2.24) is 5.01 Å². The summed E-state index contributed by atoms with van der Waals surface area (Å²) in [5.74, 6) is 0.366. The van der Waals surface area contributed by atoms with Crippen LogP contribution < -0.4 is 4.74 Å². The number of amides is 1. The van der Waals surface area contributed by atoms with Crippen LogP contribution in [-0.2, 0) is 4.79 Å². The average molecular weight is 308 g/mol. The molecule has 0 fully saturated rings. The van der Waals surface area contributed by atoms with Crippen molar-refractivity contribution in [3.05, 3.63) is 65.7 Å². The number of hydrogen-bond acceptors (Lipinski definition) is 4. The summed E-state index contributed by atoms with van der Waals surface area (Å²) in [6.07, 6.45) is 1.50. The molecule has 0 spiro atoms. The van der Waals surface area contributed by atoms with E-state index in [1.807, 2.05) is 30.3 Å². The van der Waals surface area contributed by atoms with Crippen molar-refractivity contribution in [3.63, 3.8) is 0 Å². The summed E-state index contributed by atoms with van der Waals surface area (Å²) in [6, 6.07) is 16.5. The van der Waals surface area contributed by atoms with E-state index < -0.39 is 0 Å². The Hall–Kier alpha value is -2.95. The van der Waals surface area contributed by atoms with Gasteiger partial charge in [0.05, 0.1) is 12.3 Å². The number of ether oxygens (including phenoxy) is 1. The highest BCUT2D eigenvalue weighted by atomic mass is 16.5. The van der Waals surface area contributed by atoms with E-state index in [1.54, 1.807) is 24.3 Å². The summed E-state index contributed by atoms with van der Waals surface area (Å²) in [4.78, 5) is 22.7. The fraction of sp³-hybridized carbons (Fsp3) is 0.167. The van der Waals surface area contributed by atoms with Crippen molar-refractivity contribution < 1.29 is 14.3 Å². The molecule has 0 bridgehead atoms. The van der Waals surface area contributed by atoms with Gasteiger partial charge in [-0.3, -0.25) is 9.59 Å². The van der Waals surface area contributed by atoms with Crippen LogP contribution in [0.25, 0.3) is 0 Å². The Morgan fingerprint density at radius 2 is 1.87 bits per heavy atom. The Kier molecular flexibility index (Phi) is 4.47. The van der Waals surface area contributed by atoms with Gasteiger partial charge in [-0.25, -0.2) is 5.01 Å². The van der Waals surface area contributed by atoms with Crippen LogP contribution in [0.5, 0.6) is 5.75 Å². The molecular formula is C18H16N2O3. The van der Waals surface area contributed by atoms with E-state index >= 15 is 0 Å². The number of nitrogens with zero attached hydrogens (tertiary/aromatic N) is 2. The first-order chi connectivity index (χ1) is 11.3. The minimum atomic E-state index is -0.185. The van der Waals surface area contributed by atoms with Gasteiger partial charge in [-0.2, -0.15) is 5.10 Å². The number of hydrogen-bond donors (Lipinski definition) is 0. The molecule has 0 atom stereocenters. The molecule has 1 aliphatic heterocycles. The number of benzene rings is 2. The third-order valence-electron chi connectivity index (χ3n) is 3.58. The monoisotopic (exact) mass is 308 g/mol. The molecule has 1 heterocycles. The fourth-order valence-corrected chi connectivity index (χ4v) is 2.33. The van der Waals surface area contributed by atoms with Crippen LogP contribution in [0.1, 0.15) is 22.3 Å². The lowest BCUT2D eigenvalue weighted by Crippen LogP contribution is -2.28. The molecule has 3 rings (SSSR count). The van der Waals surface area contributed by atoms with Crippen LogP contribution in [0, 0.1) is 0 Å². The highest BCUT2D eigenvalue weighted by Crippen LogP contribution is 2.15. The van der Waals surface area contributed by atoms with E-state index in [2.05, 4.69) is 5.10 Å². The smallest absolute Gasteiger partial charge is 0.280 e. The van der Waals surface area contributed by atoms with Crippen LogP contribution in [0.4, 0.5) is 0 Å². The van der Waals surface area contributed by atoms with E-state index in [0.29, 0.717) is 17.9 Å². The molecule has 0 N–H and O–H groups in total. The molecule has 5 heteroatoms. The second kappa shape index (κ2) is 6.87. The maximum atomic E-state index is 12.2. The van der Waals surface area contributed by atoms with Crippen molar-refractivity contribution in [3.8, 4) is 5.75 Å². The fourth-order valence-electron chi connectivity index (χ4n) is 2.33. The molecule has 0 saturated heterocycles. The summed E-state index contributed by atoms with van der Waals surface area (Å²) in [7, 11) is 0. The zero-order valence-electron chi connectivity index (χ0n) is 12.5. The lowest BCUT2D eigenvalue weighted by molar-refractivity contribution is -0.132. The normalized spacial score (nSPS) is 13.6. The van der Waals surface area contributed by atoms with Crippen molar-refractivity contribution in [2.24, 2.45) is 5.10 Å². The predicted octanol–water partition coefficient (Wildman–Crippen LogP) is 2.51. The summed E-state index contributed by atoms with van der Waals surface area (Å²) < 4.78 is 5.44. The van der Waals surface area contributed by atoms with Crippen molar-refractivity contribution in [2.45, 2.75) is 6.42 Å². The van der Waals surface area contributed by atoms with E-state index in [-0.39, 0.29) is 12.5 Å². The SMILES string of the molecule is O=Cc1ccc(OCC(=O)N2CCC(c3ccccc3)=N2)cc1. The molecule has 0 unspecified atom stereocenters. The van der Waals surface area contributed by atoms with Gasteiger partial charge in [-0.05, 0) is 29.8 Å². The van der Waals surface area contributed by atoms with E-state index in [4.69, 9.17) is 4.74 Å². The standard InChI is InChI=1S/C18H16N2O3/c21-12-14-6-8-16(9-7-14)23-13-18(22)20-11-10-17(19-20)15-4-2-1-3-5-15/h1-9,12H,10-11,13H2. The third kappa shape index (κ3) is 3.63. The van der Waals surface area contributed by atoms with Crippen LogP contribution in [0.3, 0.4) is 0 Å². The molecule has 0 radical (unpaired) electrons. The highest BCUT2D eigenvalue weighted by Gasteiger charge is 2.21. The van der Waals surface area contributed by atoms with Gasteiger partial charge in [-0.1, -0.05) is 30.3 Å². The Bertz CT molecular complexity index is 724. The van der Waals surface area contributed by atoms with Gasteiger partial charge >= 0.3 is 0 Å². The molecule has 2 aromatic carbocycles. The van der Waals surface area contributed by atoms with E-state index in [0.717, 1.165) is 24.0 Å². The van der Waals surface area contributed by atoms with Crippen molar-refractivity contribution in [2.75, 3.05) is 13.2 Å². The number of hydrazone groups is 1. The lowest BCUT2D eigenvalue weighted by Gasteiger charge is -2.12. The van der Waals surface area contributed by atoms with Gasteiger partial charge in [0.2, 0.25) is 0 Å². The Morgan fingerprint density at radius 3 is 2.57 bits per heavy atom. The second-order valence-electron chi connectivity index (χ2n) is 5.16. The maximum absolute atomic E-state index is 12.2. The molecule has 2 aromatic rings. The minimum Gasteiger partial charge on any atom is -0.484 e. The zero-order chi connectivity index (χ0) is 16.1. The summed E-state index contributed by atoms with van der Waals surface area (Å²) >= 11 is 0. The van der Waals surface area contributed by atoms with Gasteiger partial charge in [0.15, 0.2) is 6.61 Å². The van der Waals surface area contributed by atoms with E-state index in [1.165, 1.54) is 5.01 Å². The third-order valence-corrected chi connectivity index (χ3v) is 3.58. The van der Waals surface area contributed by atoms with Crippen molar-refractivity contribution >= 4 is 17.9 Å². The minimum absolute atomic E-state index is 0.0774. The van der Waals surface area contributed by atoms with Gasteiger partial charge < -0.3 is 4.74 Å². The van der Waals surface area contributed by atoms with Crippen LogP contribution in [-0.4, -0.2) is 36.1 Å². The number of aldehydes is 1. The number of rotatable bonds is 5. The van der Waals surface area contributed by atoms with Crippen LogP contribution >= 0.6 is 0 Å². The predicted molar refractivity (Wildman–Crippen MR) is 86.6 cm³/mol. The van der Waals surface area contributed by atoms with Gasteiger partial charge in [0.25, 0.3) is 5.91 Å². The first-order valence-electron chi connectivity index (χ1n) is 7.37. The topological polar surface area (TPSA) is 59.0 Å². The van der Waals surface area contributed by atoms with Crippen LogP contribution in [0.2, 0.25) is 0 Å². The second-order valence-corrected chi connectivity index (χ2v) is 5.16. The molecular weight excluding hydrogens is 292 g/mol. The molecule has 1 amide bonds. The molecule has 0 saturated carbocycles. The molecule has 0 aliphatic carbocycles. The first kappa shape index (κ1) is 15.0. The van der Waals surface area contributed by atoms with Crippen molar-refractivity contribution in [1.29, 1.82) is 0 Å². The Labute approximate surface area is 134 Å². The maximum Gasteiger partial charge on any atom is 0.280 e. The average Bonchev–Trinajstić information content (AvgIpc) is 3.11. The largest absolute Gasteiger partial charge is 0.484 e. The number of carbonyl (C=O) groups is 2. The molecule has 0 aromatic heterocycles. The molecule has 1 aliphatic rings. The van der Waals surface area contributed by atoms with Gasteiger partial charge in [0.1, 0.15) is 12.0 Å². The highest BCUT2D eigenvalue weighted by molar-refractivity contribution is 6.02. The zero-order valence-corrected chi connectivity index (χ0v) is 12.5. The lowest BCUT2D eigenvalue weighted by atomic mass is 10.1. The summed E-state index contributed by atoms with van der Waals surface area (Å²) in [5.41, 5.74) is 2.52. The molecule has 116 valence electrons. The summed E-state index contributed by atoms with van der Waals surface area (Å²) in [5, 5.41) is 5.82. The van der Waals surface area contributed by atoms with Crippen LogP contribution in [0.15, 0.2) is 59.7 Å². The molecule has 23 heavy (non-hydrogen) atoms.